The molecule has 1 aliphatic heterocycles. The Bertz CT molecular complexity index is 748. The van der Waals surface area contributed by atoms with E-state index in [1.165, 1.54) is 5.56 Å². The number of rotatable bonds is 5. The molecule has 0 bridgehead atoms. The molecule has 0 amide bonds. The van der Waals surface area contributed by atoms with Gasteiger partial charge in [0.1, 0.15) is 0 Å². The average molecular weight is 373 g/mol. The molecule has 2 aromatic carbocycles. The molecule has 0 fully saturated rings. The molecule has 3 rings (SSSR count). The highest BCUT2D eigenvalue weighted by Gasteiger charge is 2.20. The Labute approximate surface area is 158 Å². The summed E-state index contributed by atoms with van der Waals surface area (Å²) in [6.45, 7) is 2.40. The third kappa shape index (κ3) is 5.18. The Kier molecular flexibility index (Phi) is 6.25. The van der Waals surface area contributed by atoms with Gasteiger partial charge in [-0.1, -0.05) is 48.0 Å². The van der Waals surface area contributed by atoms with Crippen LogP contribution in [0.15, 0.2) is 59.6 Å². The van der Waals surface area contributed by atoms with E-state index < -0.39 is 0 Å². The third-order valence-corrected chi connectivity index (χ3v) is 4.49. The standard InChI is InChI=1S/C19H21ClN4S/c20-16-9-4-10-17(14-16)23-19(25)24-13-12-22-18(24)21-11-5-8-15-6-2-1-3-7-15/h1-4,6-7,9-10,14H,5,8,11-13H2,(H,21,22)(H,23,25). The minimum Gasteiger partial charge on any atom is -0.356 e. The summed E-state index contributed by atoms with van der Waals surface area (Å²) in [5.74, 6) is 0.840. The van der Waals surface area contributed by atoms with Crippen LogP contribution in [0.2, 0.25) is 5.02 Å². The molecule has 0 atom stereocenters. The number of nitrogens with one attached hydrogen (secondary N) is 2. The minimum absolute atomic E-state index is 0.633. The number of hydrogen-bond donors (Lipinski definition) is 2. The second-order valence-electron chi connectivity index (χ2n) is 5.81. The fourth-order valence-electron chi connectivity index (χ4n) is 2.69. The van der Waals surface area contributed by atoms with Crippen molar-refractivity contribution in [3.8, 4) is 0 Å². The molecule has 1 heterocycles. The largest absolute Gasteiger partial charge is 0.356 e. The molecule has 2 N–H and O–H groups in total. The Hall–Kier alpha value is -2.11. The van der Waals surface area contributed by atoms with E-state index in [-0.39, 0.29) is 0 Å². The smallest absolute Gasteiger partial charge is 0.200 e. The van der Waals surface area contributed by atoms with Crippen molar-refractivity contribution in [3.05, 3.63) is 65.2 Å². The van der Waals surface area contributed by atoms with E-state index in [4.69, 9.17) is 23.8 Å². The average Bonchev–Trinajstić information content (AvgIpc) is 3.08. The van der Waals surface area contributed by atoms with Crippen LogP contribution >= 0.6 is 23.8 Å². The zero-order valence-corrected chi connectivity index (χ0v) is 15.5. The summed E-state index contributed by atoms with van der Waals surface area (Å²) in [4.78, 5) is 6.52. The quantitative estimate of drug-likeness (QED) is 0.616. The highest BCUT2D eigenvalue weighted by atomic mass is 35.5. The highest BCUT2D eigenvalue weighted by molar-refractivity contribution is 7.80. The van der Waals surface area contributed by atoms with Crippen LogP contribution in [0.3, 0.4) is 0 Å². The normalized spacial score (nSPS) is 13.5. The monoisotopic (exact) mass is 372 g/mol. The number of aryl methyl sites for hydroxylation is 1. The number of thiocarbonyl (C=S) groups is 1. The van der Waals surface area contributed by atoms with E-state index in [0.717, 1.165) is 44.1 Å². The van der Waals surface area contributed by atoms with Crippen LogP contribution in [0.1, 0.15) is 12.0 Å². The maximum atomic E-state index is 6.02. The number of aliphatic imine (C=N–C) groups is 1. The summed E-state index contributed by atoms with van der Waals surface area (Å²) in [5, 5.41) is 7.94. The van der Waals surface area contributed by atoms with Crippen LogP contribution in [-0.4, -0.2) is 35.6 Å². The van der Waals surface area contributed by atoms with E-state index in [0.29, 0.717) is 10.1 Å². The first-order valence-corrected chi connectivity index (χ1v) is 9.17. The zero-order chi connectivity index (χ0) is 17.5. The zero-order valence-electron chi connectivity index (χ0n) is 13.9. The van der Waals surface area contributed by atoms with E-state index in [9.17, 15) is 0 Å². The fraction of sp³-hybridized carbons (Fsp3) is 0.263. The molecule has 6 heteroatoms. The molecular formula is C19H21ClN4S. The van der Waals surface area contributed by atoms with Gasteiger partial charge >= 0.3 is 0 Å². The number of halogens is 1. The number of nitrogens with zero attached hydrogens (tertiary/aromatic N) is 2. The summed E-state index contributed by atoms with van der Waals surface area (Å²) < 4.78 is 0. The molecular weight excluding hydrogens is 352 g/mol. The minimum atomic E-state index is 0.633. The Balaban J connectivity index is 1.47. The third-order valence-electron chi connectivity index (χ3n) is 3.93. The molecule has 0 saturated carbocycles. The van der Waals surface area contributed by atoms with Gasteiger partial charge in [-0.3, -0.25) is 9.89 Å². The van der Waals surface area contributed by atoms with Crippen LogP contribution in [0, 0.1) is 0 Å². The van der Waals surface area contributed by atoms with Crippen molar-refractivity contribution in [2.75, 3.05) is 25.0 Å². The van der Waals surface area contributed by atoms with Crippen molar-refractivity contribution < 1.29 is 0 Å². The molecule has 0 aromatic heterocycles. The van der Waals surface area contributed by atoms with Crippen molar-refractivity contribution in [2.45, 2.75) is 12.8 Å². The van der Waals surface area contributed by atoms with Gasteiger partial charge in [0.25, 0.3) is 0 Å². The topological polar surface area (TPSA) is 39.7 Å². The molecule has 0 unspecified atom stereocenters. The van der Waals surface area contributed by atoms with Gasteiger partial charge in [-0.05, 0) is 48.8 Å². The van der Waals surface area contributed by atoms with Crippen LogP contribution in [-0.2, 0) is 6.42 Å². The maximum Gasteiger partial charge on any atom is 0.200 e. The number of benzene rings is 2. The molecule has 130 valence electrons. The van der Waals surface area contributed by atoms with Crippen molar-refractivity contribution in [3.63, 3.8) is 0 Å². The second kappa shape index (κ2) is 8.83. The first kappa shape index (κ1) is 17.7. The lowest BCUT2D eigenvalue weighted by atomic mass is 10.1. The van der Waals surface area contributed by atoms with Crippen molar-refractivity contribution in [1.29, 1.82) is 0 Å². The van der Waals surface area contributed by atoms with E-state index in [1.807, 2.05) is 35.2 Å². The Morgan fingerprint density at radius 2 is 2.00 bits per heavy atom. The van der Waals surface area contributed by atoms with Gasteiger partial charge in [0, 0.05) is 23.8 Å². The predicted molar refractivity (Wildman–Crippen MR) is 109 cm³/mol. The summed E-state index contributed by atoms with van der Waals surface area (Å²) in [6.07, 6.45) is 2.09. The summed E-state index contributed by atoms with van der Waals surface area (Å²) in [6, 6.07) is 18.0. The van der Waals surface area contributed by atoms with Crippen molar-refractivity contribution in [2.24, 2.45) is 4.99 Å². The lowest BCUT2D eigenvalue weighted by Crippen LogP contribution is -2.44. The van der Waals surface area contributed by atoms with E-state index in [1.54, 1.807) is 0 Å². The first-order valence-electron chi connectivity index (χ1n) is 8.39. The van der Waals surface area contributed by atoms with E-state index in [2.05, 4.69) is 39.9 Å². The van der Waals surface area contributed by atoms with Gasteiger partial charge in [-0.15, -0.1) is 0 Å². The molecule has 25 heavy (non-hydrogen) atoms. The fourth-order valence-corrected chi connectivity index (χ4v) is 3.18. The molecule has 4 nitrogen and oxygen atoms in total. The maximum absolute atomic E-state index is 6.02. The SMILES string of the molecule is S=C(Nc1cccc(Cl)c1)N1CCN=C1NCCCc1ccccc1. The molecule has 0 spiro atoms. The predicted octanol–water partition coefficient (Wildman–Crippen LogP) is 3.93. The van der Waals surface area contributed by atoms with Gasteiger partial charge in [0.15, 0.2) is 11.1 Å². The Morgan fingerprint density at radius 1 is 1.16 bits per heavy atom. The second-order valence-corrected chi connectivity index (χ2v) is 6.64. The number of anilines is 1. The lowest BCUT2D eigenvalue weighted by molar-refractivity contribution is 0.636. The highest BCUT2D eigenvalue weighted by Crippen LogP contribution is 2.16. The Morgan fingerprint density at radius 3 is 2.80 bits per heavy atom. The van der Waals surface area contributed by atoms with Crippen molar-refractivity contribution >= 4 is 40.6 Å². The van der Waals surface area contributed by atoms with Gasteiger partial charge in [0.2, 0.25) is 0 Å². The molecule has 0 saturated heterocycles. The molecule has 0 radical (unpaired) electrons. The number of hydrogen-bond acceptors (Lipinski definition) is 3. The van der Waals surface area contributed by atoms with Crippen molar-refractivity contribution in [1.82, 2.24) is 10.2 Å². The molecule has 1 aliphatic rings. The summed E-state index contributed by atoms with van der Waals surface area (Å²) >= 11 is 11.5. The first-order chi connectivity index (χ1) is 12.2. The number of guanidine groups is 1. The van der Waals surface area contributed by atoms with Crippen LogP contribution in [0.25, 0.3) is 0 Å². The molecule has 2 aromatic rings. The molecule has 0 aliphatic carbocycles. The van der Waals surface area contributed by atoms with E-state index >= 15 is 0 Å². The lowest BCUT2D eigenvalue weighted by Gasteiger charge is -2.22. The van der Waals surface area contributed by atoms with Crippen LogP contribution in [0.4, 0.5) is 5.69 Å². The van der Waals surface area contributed by atoms with Gasteiger partial charge in [-0.25, -0.2) is 0 Å². The summed E-state index contributed by atoms with van der Waals surface area (Å²) in [7, 11) is 0. The van der Waals surface area contributed by atoms with Crippen LogP contribution < -0.4 is 10.6 Å². The van der Waals surface area contributed by atoms with Gasteiger partial charge < -0.3 is 10.6 Å². The van der Waals surface area contributed by atoms with Gasteiger partial charge in [0.05, 0.1) is 6.54 Å². The summed E-state index contributed by atoms with van der Waals surface area (Å²) in [5.41, 5.74) is 2.24. The van der Waals surface area contributed by atoms with Gasteiger partial charge in [-0.2, -0.15) is 0 Å². The van der Waals surface area contributed by atoms with Crippen LogP contribution in [0.5, 0.6) is 0 Å².